The molecular formula is C26H21N5O2S2. The van der Waals surface area contributed by atoms with Gasteiger partial charge in [-0.2, -0.15) is 0 Å². The first-order valence-electron chi connectivity index (χ1n) is 11.6. The molecular weight excluding hydrogens is 478 g/mol. The average molecular weight is 500 g/mol. The fourth-order valence-electron chi connectivity index (χ4n) is 5.32. The van der Waals surface area contributed by atoms with Crippen molar-refractivity contribution >= 4 is 60.5 Å². The summed E-state index contributed by atoms with van der Waals surface area (Å²) in [5, 5.41) is 4.49. The van der Waals surface area contributed by atoms with Crippen molar-refractivity contribution in [1.82, 2.24) is 19.9 Å². The van der Waals surface area contributed by atoms with Gasteiger partial charge in [-0.25, -0.2) is 9.97 Å². The second kappa shape index (κ2) is 8.00. The van der Waals surface area contributed by atoms with Gasteiger partial charge in [0, 0.05) is 29.6 Å². The molecule has 0 saturated heterocycles. The minimum Gasteiger partial charge on any atom is -0.340 e. The number of aryl methyl sites for hydroxylation is 1. The first-order valence-corrected chi connectivity index (χ1v) is 13.3. The van der Waals surface area contributed by atoms with Gasteiger partial charge in [0.25, 0.3) is 0 Å². The Morgan fingerprint density at radius 3 is 2.74 bits per heavy atom. The van der Waals surface area contributed by atoms with E-state index in [4.69, 9.17) is 0 Å². The molecule has 3 aromatic heterocycles. The highest BCUT2D eigenvalue weighted by atomic mass is 32.1. The van der Waals surface area contributed by atoms with Crippen LogP contribution in [0.2, 0.25) is 0 Å². The Morgan fingerprint density at radius 2 is 1.91 bits per heavy atom. The Hall–Kier alpha value is -3.56. The van der Waals surface area contributed by atoms with Gasteiger partial charge in [-0.05, 0) is 54.2 Å². The number of fused-ring (bicyclic) bond motifs is 5. The minimum absolute atomic E-state index is 0.00742. The topological polar surface area (TPSA) is 91.0 Å². The monoisotopic (exact) mass is 499 g/mol. The predicted octanol–water partition coefficient (Wildman–Crippen LogP) is 4.99. The molecule has 7 rings (SSSR count). The van der Waals surface area contributed by atoms with Gasteiger partial charge >= 0.3 is 4.87 Å². The second-order valence-electron chi connectivity index (χ2n) is 9.16. The number of anilines is 2. The molecule has 0 fully saturated rings. The molecule has 0 unspecified atom stereocenters. The standard InChI is InChI=1S/C26H21N5O2S2/c32-25(31-11-15-3-1-2-4-16(15)12-31)14-5-7-18-20(9-14)34-24-22(18)23(27-13-28-24)29-17-6-8-19-21(10-17)35-26(33)30-19/h1-4,6,8,10,13-14H,5,7,9,11-12H2,(H,30,33)(H,27,28,29)/t14-/m1/s1. The highest BCUT2D eigenvalue weighted by Gasteiger charge is 2.33. The molecule has 0 bridgehead atoms. The van der Waals surface area contributed by atoms with Crippen LogP contribution in [0.15, 0.2) is 53.6 Å². The Balaban J connectivity index is 1.16. The van der Waals surface area contributed by atoms with Crippen LogP contribution in [0, 0.1) is 5.92 Å². The van der Waals surface area contributed by atoms with Crippen LogP contribution in [-0.2, 0) is 30.7 Å². The van der Waals surface area contributed by atoms with Crippen molar-refractivity contribution in [2.24, 2.45) is 5.92 Å². The summed E-state index contributed by atoms with van der Waals surface area (Å²) in [7, 11) is 0. The normalized spacial score (nSPS) is 17.0. The first-order chi connectivity index (χ1) is 17.1. The zero-order valence-corrected chi connectivity index (χ0v) is 20.3. The number of hydrogen-bond donors (Lipinski definition) is 2. The van der Waals surface area contributed by atoms with Crippen LogP contribution in [0.1, 0.15) is 28.0 Å². The van der Waals surface area contributed by atoms with E-state index in [1.54, 1.807) is 17.7 Å². The average Bonchev–Trinajstić information content (AvgIpc) is 3.56. The van der Waals surface area contributed by atoms with Crippen LogP contribution < -0.4 is 10.2 Å². The maximum absolute atomic E-state index is 13.4. The lowest BCUT2D eigenvalue weighted by Crippen LogP contribution is -2.34. The molecule has 0 spiro atoms. The lowest BCUT2D eigenvalue weighted by molar-refractivity contribution is -0.136. The number of amides is 1. The molecule has 1 aliphatic carbocycles. The summed E-state index contributed by atoms with van der Waals surface area (Å²) in [5.41, 5.74) is 5.49. The van der Waals surface area contributed by atoms with E-state index in [9.17, 15) is 9.59 Å². The molecule has 1 aliphatic heterocycles. The molecule has 2 aliphatic rings. The number of rotatable bonds is 3. The smallest absolute Gasteiger partial charge is 0.305 e. The van der Waals surface area contributed by atoms with Crippen LogP contribution in [0.4, 0.5) is 11.5 Å². The van der Waals surface area contributed by atoms with E-state index in [-0.39, 0.29) is 16.7 Å². The number of nitrogens with one attached hydrogen (secondary N) is 2. The SMILES string of the molecule is O=C([C@@H]1CCc2c(sc3ncnc(Nc4ccc5[nH]c(=O)sc5c4)c23)C1)N1Cc2ccccc2C1. The molecule has 174 valence electrons. The molecule has 2 N–H and O–H groups in total. The van der Waals surface area contributed by atoms with Crippen molar-refractivity contribution in [1.29, 1.82) is 0 Å². The third kappa shape index (κ3) is 3.54. The van der Waals surface area contributed by atoms with Crippen molar-refractivity contribution in [3.05, 3.63) is 80.0 Å². The van der Waals surface area contributed by atoms with Gasteiger partial charge in [-0.3, -0.25) is 9.59 Å². The number of carbonyl (C=O) groups excluding carboxylic acids is 1. The predicted molar refractivity (Wildman–Crippen MR) is 139 cm³/mol. The highest BCUT2D eigenvalue weighted by molar-refractivity contribution is 7.19. The third-order valence-corrected chi connectivity index (χ3v) is 9.04. The zero-order chi connectivity index (χ0) is 23.5. The summed E-state index contributed by atoms with van der Waals surface area (Å²) in [6.45, 7) is 1.43. The number of carbonyl (C=O) groups is 1. The van der Waals surface area contributed by atoms with Gasteiger partial charge in [-0.15, -0.1) is 11.3 Å². The van der Waals surface area contributed by atoms with Crippen LogP contribution in [0.25, 0.3) is 20.4 Å². The number of thiophene rings is 1. The Bertz CT molecular complexity index is 1660. The number of H-pyrrole nitrogens is 1. The number of nitrogens with zero attached hydrogens (tertiary/aromatic N) is 3. The zero-order valence-electron chi connectivity index (χ0n) is 18.7. The molecule has 1 amide bonds. The molecule has 35 heavy (non-hydrogen) atoms. The van der Waals surface area contributed by atoms with E-state index in [1.807, 2.05) is 35.2 Å². The summed E-state index contributed by atoms with van der Waals surface area (Å²) in [5.74, 6) is 1.04. The van der Waals surface area contributed by atoms with Crippen molar-refractivity contribution in [2.75, 3.05) is 5.32 Å². The van der Waals surface area contributed by atoms with E-state index >= 15 is 0 Å². The van der Waals surface area contributed by atoms with Crippen LogP contribution >= 0.6 is 22.7 Å². The van der Waals surface area contributed by atoms with Gasteiger partial charge in [0.15, 0.2) is 0 Å². The lowest BCUT2D eigenvalue weighted by atomic mass is 9.87. The molecule has 0 radical (unpaired) electrons. The van der Waals surface area contributed by atoms with E-state index in [1.165, 1.54) is 32.9 Å². The van der Waals surface area contributed by atoms with Crippen molar-refractivity contribution in [3.63, 3.8) is 0 Å². The summed E-state index contributed by atoms with van der Waals surface area (Å²) in [4.78, 5) is 41.1. The summed E-state index contributed by atoms with van der Waals surface area (Å²) < 4.78 is 0.906. The Kier molecular flexibility index (Phi) is 4.75. The van der Waals surface area contributed by atoms with Gasteiger partial charge < -0.3 is 15.2 Å². The van der Waals surface area contributed by atoms with E-state index < -0.39 is 0 Å². The third-order valence-electron chi connectivity index (χ3n) is 7.03. The summed E-state index contributed by atoms with van der Waals surface area (Å²) in [6.07, 6.45) is 4.02. The largest absolute Gasteiger partial charge is 0.340 e. The molecule has 5 aromatic rings. The quantitative estimate of drug-likeness (QED) is 0.365. The maximum Gasteiger partial charge on any atom is 0.305 e. The molecule has 0 saturated carbocycles. The molecule has 9 heteroatoms. The van der Waals surface area contributed by atoms with Crippen molar-refractivity contribution in [3.8, 4) is 0 Å². The summed E-state index contributed by atoms with van der Waals surface area (Å²) in [6, 6.07) is 14.1. The fraction of sp³-hybridized carbons (Fsp3) is 0.231. The van der Waals surface area contributed by atoms with Gasteiger partial charge in [0.05, 0.1) is 15.6 Å². The van der Waals surface area contributed by atoms with Gasteiger partial charge in [0.1, 0.15) is 17.0 Å². The van der Waals surface area contributed by atoms with E-state index in [2.05, 4.69) is 32.4 Å². The van der Waals surface area contributed by atoms with Crippen LogP contribution in [0.3, 0.4) is 0 Å². The molecule has 4 heterocycles. The number of aromatic amines is 1. The van der Waals surface area contributed by atoms with E-state index in [0.717, 1.165) is 51.2 Å². The van der Waals surface area contributed by atoms with E-state index in [0.29, 0.717) is 13.1 Å². The molecule has 1 atom stereocenters. The number of benzene rings is 2. The first kappa shape index (κ1) is 20.8. The Morgan fingerprint density at radius 1 is 1.09 bits per heavy atom. The fourth-order valence-corrected chi connectivity index (χ4v) is 7.37. The van der Waals surface area contributed by atoms with Gasteiger partial charge in [-0.1, -0.05) is 35.6 Å². The van der Waals surface area contributed by atoms with Crippen LogP contribution in [0.5, 0.6) is 0 Å². The van der Waals surface area contributed by atoms with Crippen LogP contribution in [-0.4, -0.2) is 25.8 Å². The Labute approximate surface area is 208 Å². The number of aromatic nitrogens is 3. The number of hydrogen-bond acceptors (Lipinski definition) is 7. The minimum atomic E-state index is -0.0598. The summed E-state index contributed by atoms with van der Waals surface area (Å²) >= 11 is 2.87. The molecule has 7 nitrogen and oxygen atoms in total. The lowest BCUT2D eigenvalue weighted by Gasteiger charge is -2.26. The highest BCUT2D eigenvalue weighted by Crippen LogP contribution is 2.41. The number of thiazole rings is 1. The van der Waals surface area contributed by atoms with Crippen molar-refractivity contribution in [2.45, 2.75) is 32.4 Å². The maximum atomic E-state index is 13.4. The van der Waals surface area contributed by atoms with Crippen molar-refractivity contribution < 1.29 is 4.79 Å². The second-order valence-corrected chi connectivity index (χ2v) is 11.3. The molecule has 2 aromatic carbocycles. The van der Waals surface area contributed by atoms with Gasteiger partial charge in [0.2, 0.25) is 5.91 Å².